The van der Waals surface area contributed by atoms with Gasteiger partial charge in [-0.2, -0.15) is 0 Å². The van der Waals surface area contributed by atoms with Crippen LogP contribution in [-0.4, -0.2) is 30.1 Å². The van der Waals surface area contributed by atoms with Crippen molar-refractivity contribution >= 4 is 23.5 Å². The molecule has 1 amide bonds. The van der Waals surface area contributed by atoms with Crippen LogP contribution in [0.1, 0.15) is 41.5 Å². The van der Waals surface area contributed by atoms with Gasteiger partial charge in [0, 0.05) is 11.3 Å². The number of carbonyl (C=O) groups is 3. The van der Waals surface area contributed by atoms with E-state index in [1.54, 1.807) is 20.8 Å². The van der Waals surface area contributed by atoms with Crippen molar-refractivity contribution in [3.63, 3.8) is 0 Å². The van der Waals surface area contributed by atoms with E-state index >= 15 is 0 Å². The van der Waals surface area contributed by atoms with Gasteiger partial charge in [-0.25, -0.2) is 14.0 Å². The van der Waals surface area contributed by atoms with Gasteiger partial charge in [-0.1, -0.05) is 12.1 Å². The highest BCUT2D eigenvalue weighted by Gasteiger charge is 2.17. The van der Waals surface area contributed by atoms with Crippen LogP contribution in [0.5, 0.6) is 0 Å². The molecule has 2 aromatic rings. The van der Waals surface area contributed by atoms with Crippen LogP contribution in [0, 0.1) is 5.82 Å². The summed E-state index contributed by atoms with van der Waals surface area (Å²) in [6.07, 6.45) is -0.612. The number of rotatable bonds is 5. The Morgan fingerprint density at radius 1 is 1.00 bits per heavy atom. The fourth-order valence-electron chi connectivity index (χ4n) is 2.07. The zero-order valence-corrected chi connectivity index (χ0v) is 15.2. The Morgan fingerprint density at radius 3 is 2.26 bits per heavy atom. The van der Waals surface area contributed by atoms with Gasteiger partial charge in [0.1, 0.15) is 11.4 Å². The maximum absolute atomic E-state index is 13.1. The normalized spacial score (nSPS) is 10.8. The molecule has 0 bridgehead atoms. The van der Waals surface area contributed by atoms with Gasteiger partial charge in [0.05, 0.1) is 5.56 Å². The maximum Gasteiger partial charge on any atom is 0.412 e. The van der Waals surface area contributed by atoms with E-state index in [0.717, 1.165) is 6.07 Å². The maximum atomic E-state index is 13.1. The Morgan fingerprint density at radius 2 is 1.67 bits per heavy atom. The highest BCUT2D eigenvalue weighted by Crippen LogP contribution is 2.14. The first-order valence-electron chi connectivity index (χ1n) is 8.20. The quantitative estimate of drug-likeness (QED) is 0.627. The predicted molar refractivity (Wildman–Crippen MR) is 97.3 cm³/mol. The number of Topliss-reactive ketones (excluding diaryl/α,β-unsaturated/α-hetero) is 1. The van der Waals surface area contributed by atoms with Crippen LogP contribution in [0.3, 0.4) is 0 Å². The summed E-state index contributed by atoms with van der Waals surface area (Å²) in [5.74, 6) is -1.75. The number of ketones is 1. The number of amides is 1. The Kier molecular flexibility index (Phi) is 6.28. The first kappa shape index (κ1) is 20.1. The molecule has 0 heterocycles. The smallest absolute Gasteiger partial charge is 0.412 e. The number of hydrogen-bond donors (Lipinski definition) is 1. The molecule has 0 unspecified atom stereocenters. The fraction of sp³-hybridized carbons (Fsp3) is 0.250. The van der Waals surface area contributed by atoms with E-state index in [0.29, 0.717) is 5.69 Å². The first-order valence-corrected chi connectivity index (χ1v) is 8.20. The van der Waals surface area contributed by atoms with Crippen molar-refractivity contribution in [2.24, 2.45) is 0 Å². The van der Waals surface area contributed by atoms with Crippen LogP contribution in [0.2, 0.25) is 0 Å². The topological polar surface area (TPSA) is 81.7 Å². The van der Waals surface area contributed by atoms with Gasteiger partial charge in [0.25, 0.3) is 0 Å². The lowest BCUT2D eigenvalue weighted by atomic mass is 10.1. The Balaban J connectivity index is 1.90. The second-order valence-corrected chi connectivity index (χ2v) is 6.71. The zero-order chi connectivity index (χ0) is 20.0. The van der Waals surface area contributed by atoms with E-state index < -0.39 is 35.9 Å². The Hall–Kier alpha value is -3.22. The highest BCUT2D eigenvalue weighted by atomic mass is 19.1. The highest BCUT2D eigenvalue weighted by molar-refractivity contribution is 5.99. The third-order valence-corrected chi connectivity index (χ3v) is 3.25. The molecular weight excluding hydrogens is 353 g/mol. The van der Waals surface area contributed by atoms with Crippen molar-refractivity contribution in [2.75, 3.05) is 11.9 Å². The van der Waals surface area contributed by atoms with Crippen LogP contribution in [0.4, 0.5) is 14.9 Å². The molecule has 0 aliphatic heterocycles. The zero-order valence-electron chi connectivity index (χ0n) is 15.2. The van der Waals surface area contributed by atoms with Gasteiger partial charge < -0.3 is 9.47 Å². The number of anilines is 1. The molecule has 0 saturated carbocycles. The second kappa shape index (κ2) is 8.44. The molecule has 27 heavy (non-hydrogen) atoms. The Bertz CT molecular complexity index is 840. The fourth-order valence-corrected chi connectivity index (χ4v) is 2.07. The standard InChI is InChI=1S/C20H20FNO5/c1-20(2,3)27-19(25)22-16-9-7-13(8-10-16)18(24)26-12-17(23)14-5-4-6-15(21)11-14/h4-11H,12H2,1-3H3,(H,22,25). The summed E-state index contributed by atoms with van der Waals surface area (Å²) >= 11 is 0. The van der Waals surface area contributed by atoms with Gasteiger partial charge in [-0.3, -0.25) is 10.1 Å². The predicted octanol–water partition coefficient (Wildman–Crippen LogP) is 4.21. The molecule has 142 valence electrons. The number of hydrogen-bond acceptors (Lipinski definition) is 5. The molecule has 7 heteroatoms. The molecule has 0 saturated heterocycles. The van der Waals surface area contributed by atoms with Crippen molar-refractivity contribution in [1.82, 2.24) is 0 Å². The summed E-state index contributed by atoms with van der Waals surface area (Å²) in [5, 5.41) is 2.54. The molecule has 1 N–H and O–H groups in total. The molecular formula is C20H20FNO5. The SMILES string of the molecule is CC(C)(C)OC(=O)Nc1ccc(C(=O)OCC(=O)c2cccc(F)c2)cc1. The van der Waals surface area contributed by atoms with Crippen molar-refractivity contribution in [1.29, 1.82) is 0 Å². The minimum Gasteiger partial charge on any atom is -0.454 e. The Labute approximate surface area is 156 Å². The summed E-state index contributed by atoms with van der Waals surface area (Å²) < 4.78 is 23.2. The summed E-state index contributed by atoms with van der Waals surface area (Å²) in [6, 6.07) is 11.0. The second-order valence-electron chi connectivity index (χ2n) is 6.71. The van der Waals surface area contributed by atoms with Gasteiger partial charge in [0.2, 0.25) is 0 Å². The van der Waals surface area contributed by atoms with Crippen LogP contribution < -0.4 is 5.32 Å². The van der Waals surface area contributed by atoms with Crippen LogP contribution in [0.25, 0.3) is 0 Å². The number of halogens is 1. The van der Waals surface area contributed by atoms with Gasteiger partial charge in [-0.15, -0.1) is 0 Å². The summed E-state index contributed by atoms with van der Waals surface area (Å²) in [4.78, 5) is 35.6. The lowest BCUT2D eigenvalue weighted by molar-refractivity contribution is 0.0474. The molecule has 2 rings (SSSR count). The van der Waals surface area contributed by atoms with E-state index in [1.165, 1.54) is 42.5 Å². The number of nitrogens with one attached hydrogen (secondary N) is 1. The minimum absolute atomic E-state index is 0.125. The van der Waals surface area contributed by atoms with Crippen LogP contribution in [0.15, 0.2) is 48.5 Å². The number of benzene rings is 2. The van der Waals surface area contributed by atoms with E-state index in [9.17, 15) is 18.8 Å². The molecule has 6 nitrogen and oxygen atoms in total. The van der Waals surface area contributed by atoms with Gasteiger partial charge >= 0.3 is 12.1 Å². The van der Waals surface area contributed by atoms with Crippen LogP contribution >= 0.6 is 0 Å². The van der Waals surface area contributed by atoms with E-state index in [1.807, 2.05) is 0 Å². The van der Waals surface area contributed by atoms with Gasteiger partial charge in [0.15, 0.2) is 12.4 Å². The average Bonchev–Trinajstić information content (AvgIpc) is 2.58. The molecule has 0 radical (unpaired) electrons. The van der Waals surface area contributed by atoms with Crippen molar-refractivity contribution in [3.05, 3.63) is 65.5 Å². The average molecular weight is 373 g/mol. The van der Waals surface area contributed by atoms with Crippen LogP contribution in [-0.2, 0) is 9.47 Å². The summed E-state index contributed by atoms with van der Waals surface area (Å²) in [5.41, 5.74) is 0.148. The third-order valence-electron chi connectivity index (χ3n) is 3.25. The number of carbonyl (C=O) groups excluding carboxylic acids is 3. The molecule has 0 fully saturated rings. The molecule has 0 aromatic heterocycles. The van der Waals surface area contributed by atoms with E-state index in [2.05, 4.69) is 5.32 Å². The minimum atomic E-state index is -0.705. The van der Waals surface area contributed by atoms with Crippen molar-refractivity contribution in [3.8, 4) is 0 Å². The lowest BCUT2D eigenvalue weighted by Gasteiger charge is -2.19. The third kappa shape index (κ3) is 6.54. The van der Waals surface area contributed by atoms with Gasteiger partial charge in [-0.05, 0) is 57.2 Å². The number of esters is 1. The number of ether oxygens (including phenoxy) is 2. The summed E-state index contributed by atoms with van der Waals surface area (Å²) in [7, 11) is 0. The van der Waals surface area contributed by atoms with Crippen molar-refractivity contribution < 1.29 is 28.2 Å². The molecule has 2 aromatic carbocycles. The van der Waals surface area contributed by atoms with E-state index in [4.69, 9.17) is 9.47 Å². The molecule has 0 aliphatic carbocycles. The van der Waals surface area contributed by atoms with Crippen molar-refractivity contribution in [2.45, 2.75) is 26.4 Å². The molecule has 0 atom stereocenters. The largest absolute Gasteiger partial charge is 0.454 e. The monoisotopic (exact) mass is 373 g/mol. The molecule has 0 aliphatic rings. The first-order chi connectivity index (χ1) is 12.6. The van der Waals surface area contributed by atoms with E-state index in [-0.39, 0.29) is 11.1 Å². The summed E-state index contributed by atoms with van der Waals surface area (Å²) in [6.45, 7) is 4.74. The lowest BCUT2D eigenvalue weighted by Crippen LogP contribution is -2.27. The molecule has 0 spiro atoms.